The topological polar surface area (TPSA) is 132 Å². The van der Waals surface area contributed by atoms with E-state index >= 15 is 0 Å². The Balaban J connectivity index is 2.11. The first-order valence-electron chi connectivity index (χ1n) is 9.49. The number of carboxylic acids is 1. The van der Waals surface area contributed by atoms with Crippen LogP contribution in [-0.2, 0) is 16.0 Å². The molecule has 30 heavy (non-hydrogen) atoms. The Morgan fingerprint density at radius 1 is 1.13 bits per heavy atom. The van der Waals surface area contributed by atoms with Gasteiger partial charge >= 0.3 is 5.97 Å². The summed E-state index contributed by atoms with van der Waals surface area (Å²) in [5.74, 6) is -5.00. The number of primary amides is 1. The van der Waals surface area contributed by atoms with Crippen molar-refractivity contribution in [2.75, 3.05) is 0 Å². The first kappa shape index (κ1) is 19.5. The Hall–Kier alpha value is -3.81. The van der Waals surface area contributed by atoms with Gasteiger partial charge in [0, 0.05) is 18.3 Å². The number of carboxylic acid groups (broad SMARTS) is 1. The molecule has 0 saturated heterocycles. The third-order valence-corrected chi connectivity index (χ3v) is 5.24. The van der Waals surface area contributed by atoms with Gasteiger partial charge in [-0.3, -0.25) is 14.4 Å². The third-order valence-electron chi connectivity index (χ3n) is 5.24. The van der Waals surface area contributed by atoms with Crippen LogP contribution in [-0.4, -0.2) is 37.9 Å². The Labute approximate surface area is 171 Å². The Morgan fingerprint density at radius 2 is 1.80 bits per heavy atom. The van der Waals surface area contributed by atoms with Crippen molar-refractivity contribution in [1.82, 2.24) is 9.38 Å². The van der Waals surface area contributed by atoms with Crippen LogP contribution >= 0.6 is 0 Å². The molecule has 1 saturated carbocycles. The largest absolute Gasteiger partial charge is 0.475 e. The van der Waals surface area contributed by atoms with Crippen molar-refractivity contribution < 1.29 is 24.3 Å². The zero-order valence-electron chi connectivity index (χ0n) is 16.2. The van der Waals surface area contributed by atoms with Gasteiger partial charge in [-0.1, -0.05) is 30.3 Å². The lowest BCUT2D eigenvalue weighted by Gasteiger charge is -2.08. The molecule has 0 radical (unpaired) electrons. The lowest BCUT2D eigenvalue weighted by molar-refractivity contribution is -0.131. The number of nitrogens with zero attached hydrogens (tertiary/aromatic N) is 2. The smallest absolute Gasteiger partial charge is 0.379 e. The zero-order chi connectivity index (χ0) is 21.6. The summed E-state index contributed by atoms with van der Waals surface area (Å²) < 4.78 is 1.63. The number of fused-ring (bicyclic) bond motifs is 1. The van der Waals surface area contributed by atoms with Gasteiger partial charge in [-0.25, -0.2) is 9.78 Å². The van der Waals surface area contributed by atoms with E-state index in [9.17, 15) is 24.3 Å². The molecule has 0 spiro atoms. The first-order valence-corrected chi connectivity index (χ1v) is 9.49. The minimum Gasteiger partial charge on any atom is -0.475 e. The molecule has 8 nitrogen and oxygen atoms in total. The number of Topliss-reactive ketones (excluding diaryl/α,β-unsaturated/α-hetero) is 2. The van der Waals surface area contributed by atoms with Crippen molar-refractivity contribution in [3.63, 3.8) is 0 Å². The molecule has 0 bridgehead atoms. The van der Waals surface area contributed by atoms with Crippen LogP contribution in [0.3, 0.4) is 0 Å². The molecule has 3 aromatic rings. The van der Waals surface area contributed by atoms with Crippen molar-refractivity contribution in [3.8, 4) is 0 Å². The third kappa shape index (κ3) is 3.26. The summed E-state index contributed by atoms with van der Waals surface area (Å²) in [4.78, 5) is 52.6. The first-order chi connectivity index (χ1) is 14.3. The summed E-state index contributed by atoms with van der Waals surface area (Å²) in [6.07, 6.45) is 3.73. The SMILES string of the molecule is Cc1cn2c(Cc3ccccc3)c(C3CC3)c(C(=O)C(N)=O)c2c(C(=O)C(=O)O)n1. The van der Waals surface area contributed by atoms with Crippen LogP contribution in [0.4, 0.5) is 0 Å². The number of benzene rings is 1. The maximum atomic E-state index is 12.8. The quantitative estimate of drug-likeness (QED) is 0.457. The fourth-order valence-corrected chi connectivity index (χ4v) is 3.87. The highest BCUT2D eigenvalue weighted by Gasteiger charge is 2.38. The van der Waals surface area contributed by atoms with Gasteiger partial charge in [0.2, 0.25) is 0 Å². The van der Waals surface area contributed by atoms with E-state index in [1.807, 2.05) is 30.3 Å². The van der Waals surface area contributed by atoms with Crippen molar-refractivity contribution in [2.24, 2.45) is 5.73 Å². The molecule has 0 atom stereocenters. The summed E-state index contributed by atoms with van der Waals surface area (Å²) >= 11 is 0. The van der Waals surface area contributed by atoms with E-state index in [1.54, 1.807) is 17.5 Å². The fourth-order valence-electron chi connectivity index (χ4n) is 3.87. The highest BCUT2D eigenvalue weighted by molar-refractivity contribution is 6.46. The standard InChI is InChI=1S/C22H19N3O5/c1-11-10-25-14(9-12-5-3-2-4-6-12)15(13-7-8-13)16(19(26)21(23)28)18(25)17(24-11)20(27)22(29)30/h2-6,10,13H,7-9H2,1H3,(H2,23,28)(H,29,30). The molecule has 0 unspecified atom stereocenters. The summed E-state index contributed by atoms with van der Waals surface area (Å²) in [6.45, 7) is 1.64. The maximum absolute atomic E-state index is 12.8. The number of aliphatic carboxylic acids is 1. The summed E-state index contributed by atoms with van der Waals surface area (Å²) in [7, 11) is 0. The lowest BCUT2D eigenvalue weighted by atomic mass is 9.97. The van der Waals surface area contributed by atoms with Gasteiger partial charge in [-0.05, 0) is 36.8 Å². The fraction of sp³-hybridized carbons (Fsp3) is 0.227. The monoisotopic (exact) mass is 405 g/mol. The van der Waals surface area contributed by atoms with Crippen molar-refractivity contribution in [3.05, 3.63) is 70.3 Å². The minimum absolute atomic E-state index is 0.00645. The normalized spacial score (nSPS) is 13.4. The van der Waals surface area contributed by atoms with Crippen LogP contribution in [0.25, 0.3) is 5.52 Å². The van der Waals surface area contributed by atoms with E-state index in [1.165, 1.54) is 0 Å². The Bertz CT molecular complexity index is 1220. The number of amides is 1. The predicted molar refractivity (Wildman–Crippen MR) is 107 cm³/mol. The van der Waals surface area contributed by atoms with Gasteiger partial charge < -0.3 is 15.2 Å². The van der Waals surface area contributed by atoms with Gasteiger partial charge in [-0.2, -0.15) is 0 Å². The zero-order valence-corrected chi connectivity index (χ0v) is 16.2. The number of rotatable bonds is 7. The molecule has 152 valence electrons. The number of carbonyl (C=O) groups is 4. The van der Waals surface area contributed by atoms with E-state index < -0.39 is 23.4 Å². The molecule has 0 aliphatic heterocycles. The molecule has 8 heteroatoms. The van der Waals surface area contributed by atoms with Crippen molar-refractivity contribution in [1.29, 1.82) is 0 Å². The number of nitrogens with two attached hydrogens (primary N) is 1. The molecule has 1 aliphatic carbocycles. The van der Waals surface area contributed by atoms with Gasteiger partial charge in [-0.15, -0.1) is 0 Å². The molecular weight excluding hydrogens is 386 g/mol. The highest BCUT2D eigenvalue weighted by Crippen LogP contribution is 2.46. The second kappa shape index (κ2) is 7.22. The molecule has 4 rings (SSSR count). The van der Waals surface area contributed by atoms with E-state index in [2.05, 4.69) is 4.98 Å². The molecule has 1 amide bonds. The van der Waals surface area contributed by atoms with Crippen LogP contribution in [0.15, 0.2) is 36.5 Å². The minimum atomic E-state index is -1.69. The van der Waals surface area contributed by atoms with Gasteiger partial charge in [0.25, 0.3) is 17.5 Å². The molecule has 1 aliphatic rings. The number of carbonyl (C=O) groups excluding carboxylic acids is 3. The highest BCUT2D eigenvalue weighted by atomic mass is 16.4. The van der Waals surface area contributed by atoms with Gasteiger partial charge in [0.15, 0.2) is 0 Å². The lowest BCUT2D eigenvalue weighted by Crippen LogP contribution is -2.25. The molecular formula is C22H19N3O5. The molecule has 2 aromatic heterocycles. The van der Waals surface area contributed by atoms with Crippen LogP contribution < -0.4 is 5.73 Å². The van der Waals surface area contributed by atoms with Crippen molar-refractivity contribution in [2.45, 2.75) is 32.1 Å². The number of aryl methyl sites for hydroxylation is 1. The van der Waals surface area contributed by atoms with E-state index in [0.717, 1.165) is 24.1 Å². The van der Waals surface area contributed by atoms with Crippen LogP contribution in [0.2, 0.25) is 0 Å². The number of hydrogen-bond acceptors (Lipinski definition) is 5. The second-order valence-electron chi connectivity index (χ2n) is 7.45. The molecule has 1 aromatic carbocycles. The maximum Gasteiger partial charge on any atom is 0.379 e. The number of aromatic nitrogens is 2. The molecule has 2 heterocycles. The van der Waals surface area contributed by atoms with E-state index in [-0.39, 0.29) is 22.7 Å². The summed E-state index contributed by atoms with van der Waals surface area (Å²) in [5.41, 5.74) is 7.73. The second-order valence-corrected chi connectivity index (χ2v) is 7.45. The van der Waals surface area contributed by atoms with Gasteiger partial charge in [0.1, 0.15) is 5.69 Å². The Kier molecular flexibility index (Phi) is 4.69. The molecule has 1 fully saturated rings. The summed E-state index contributed by atoms with van der Waals surface area (Å²) in [5, 5.41) is 9.28. The predicted octanol–water partition coefficient (Wildman–Crippen LogP) is 2.05. The average molecular weight is 405 g/mol. The van der Waals surface area contributed by atoms with Crippen molar-refractivity contribution >= 4 is 29.0 Å². The van der Waals surface area contributed by atoms with Gasteiger partial charge in [0.05, 0.1) is 16.8 Å². The number of hydrogen-bond donors (Lipinski definition) is 2. The van der Waals surface area contributed by atoms with E-state index in [0.29, 0.717) is 17.7 Å². The van der Waals surface area contributed by atoms with Crippen LogP contribution in [0.1, 0.15) is 62.1 Å². The number of ketones is 2. The average Bonchev–Trinajstić information content (AvgIpc) is 3.50. The molecule has 3 N–H and O–H groups in total. The van der Waals surface area contributed by atoms with E-state index in [4.69, 9.17) is 5.73 Å². The summed E-state index contributed by atoms with van der Waals surface area (Å²) in [6, 6.07) is 9.54. The van der Waals surface area contributed by atoms with Crippen LogP contribution in [0, 0.1) is 6.92 Å². The van der Waals surface area contributed by atoms with Crippen LogP contribution in [0.5, 0.6) is 0 Å². The Morgan fingerprint density at radius 3 is 2.37 bits per heavy atom.